The lowest BCUT2D eigenvalue weighted by atomic mass is 10.1. The Kier molecular flexibility index (Phi) is 7.71. The number of ether oxygens (including phenoxy) is 1. The van der Waals surface area contributed by atoms with E-state index in [0.29, 0.717) is 28.5 Å². The van der Waals surface area contributed by atoms with Crippen molar-refractivity contribution in [3.63, 3.8) is 0 Å². The van der Waals surface area contributed by atoms with Gasteiger partial charge in [-0.05, 0) is 55.3 Å². The van der Waals surface area contributed by atoms with E-state index in [1.807, 2.05) is 13.8 Å². The van der Waals surface area contributed by atoms with E-state index in [2.05, 4.69) is 5.32 Å². The lowest BCUT2D eigenvalue weighted by Crippen LogP contribution is -2.40. The van der Waals surface area contributed by atoms with Crippen molar-refractivity contribution < 1.29 is 23.9 Å². The number of carbonyl (C=O) groups excluding carboxylic acids is 4. The quantitative estimate of drug-likeness (QED) is 0.456. The van der Waals surface area contributed by atoms with Crippen molar-refractivity contribution in [3.05, 3.63) is 59.1 Å². The van der Waals surface area contributed by atoms with Crippen LogP contribution in [0.15, 0.2) is 48.5 Å². The second kappa shape index (κ2) is 10.5. The van der Waals surface area contributed by atoms with Crippen molar-refractivity contribution in [3.8, 4) is 0 Å². The maximum absolute atomic E-state index is 13.2. The predicted octanol–water partition coefficient (Wildman–Crippen LogP) is 4.34. The van der Waals surface area contributed by atoms with Crippen LogP contribution in [0.4, 0.5) is 16.2 Å². The molecular formula is C24H26ClN3O5. The summed E-state index contributed by atoms with van der Waals surface area (Å²) in [4.78, 5) is 53.5. The predicted molar refractivity (Wildman–Crippen MR) is 125 cm³/mol. The van der Waals surface area contributed by atoms with E-state index in [-0.39, 0.29) is 18.9 Å². The Bertz CT molecular complexity index is 1050. The molecule has 1 N–H and O–H groups in total. The number of nitrogens with zero attached hydrogens (tertiary/aromatic N) is 2. The van der Waals surface area contributed by atoms with Gasteiger partial charge in [0.2, 0.25) is 5.91 Å². The first-order valence-electron chi connectivity index (χ1n) is 10.7. The minimum atomic E-state index is -0.941. The van der Waals surface area contributed by atoms with Crippen LogP contribution in [0.1, 0.15) is 37.6 Å². The van der Waals surface area contributed by atoms with Gasteiger partial charge in [-0.25, -0.2) is 14.5 Å². The van der Waals surface area contributed by atoms with Crippen LogP contribution in [-0.2, 0) is 14.3 Å². The molecule has 1 aliphatic rings. The van der Waals surface area contributed by atoms with E-state index in [9.17, 15) is 19.2 Å². The fourth-order valence-electron chi connectivity index (χ4n) is 3.59. The number of imide groups is 1. The lowest BCUT2D eigenvalue weighted by Gasteiger charge is -2.23. The van der Waals surface area contributed by atoms with E-state index in [4.69, 9.17) is 16.3 Å². The molecular weight excluding hydrogens is 446 g/mol. The topological polar surface area (TPSA) is 96.0 Å². The van der Waals surface area contributed by atoms with Crippen LogP contribution >= 0.6 is 11.6 Å². The average Bonchev–Trinajstić information content (AvgIpc) is 2.98. The summed E-state index contributed by atoms with van der Waals surface area (Å²) >= 11 is 5.93. The molecule has 4 amide bonds. The van der Waals surface area contributed by atoms with Gasteiger partial charge in [0.05, 0.1) is 24.3 Å². The Labute approximate surface area is 197 Å². The Hall–Kier alpha value is -3.39. The number of anilines is 2. The van der Waals surface area contributed by atoms with Crippen LogP contribution in [-0.4, -0.2) is 47.9 Å². The number of esters is 1. The maximum Gasteiger partial charge on any atom is 0.338 e. The van der Waals surface area contributed by atoms with Crippen molar-refractivity contribution in [1.29, 1.82) is 0 Å². The second-order valence-corrected chi connectivity index (χ2v) is 8.48. The molecule has 1 heterocycles. The highest BCUT2D eigenvalue weighted by Crippen LogP contribution is 2.29. The van der Waals surface area contributed by atoms with Crippen LogP contribution < -0.4 is 10.2 Å². The van der Waals surface area contributed by atoms with Gasteiger partial charge in [0.1, 0.15) is 6.04 Å². The Morgan fingerprint density at radius 2 is 1.82 bits per heavy atom. The number of amides is 4. The second-order valence-electron chi connectivity index (χ2n) is 8.05. The number of benzene rings is 2. The molecule has 0 aromatic heterocycles. The highest BCUT2D eigenvalue weighted by atomic mass is 35.5. The molecule has 0 unspecified atom stereocenters. The van der Waals surface area contributed by atoms with E-state index in [1.165, 1.54) is 11.0 Å². The molecule has 174 valence electrons. The van der Waals surface area contributed by atoms with Crippen LogP contribution in [0.2, 0.25) is 5.02 Å². The molecule has 0 bridgehead atoms. The molecule has 0 spiro atoms. The van der Waals surface area contributed by atoms with Gasteiger partial charge < -0.3 is 15.0 Å². The molecule has 1 aliphatic heterocycles. The van der Waals surface area contributed by atoms with Gasteiger partial charge in [0.25, 0.3) is 5.91 Å². The summed E-state index contributed by atoms with van der Waals surface area (Å²) in [5.41, 5.74) is 1.10. The standard InChI is InChI=1S/C24H26ClN3O5/c1-4-33-23(31)16-6-5-7-18(12-16)26-21(29)13-20-22(30)28(19-10-8-17(25)9-11-19)24(32)27(20)14-15(2)3/h5-12,15,20H,4,13-14H2,1-3H3,(H,26,29)/t20-/m0/s1. The maximum atomic E-state index is 13.2. The Morgan fingerprint density at radius 3 is 2.45 bits per heavy atom. The van der Waals surface area contributed by atoms with Gasteiger partial charge in [-0.3, -0.25) is 9.59 Å². The Morgan fingerprint density at radius 1 is 1.12 bits per heavy atom. The van der Waals surface area contributed by atoms with Crippen molar-refractivity contribution in [2.75, 3.05) is 23.4 Å². The molecule has 0 aliphatic carbocycles. The van der Waals surface area contributed by atoms with Crippen molar-refractivity contribution in [2.45, 2.75) is 33.2 Å². The summed E-state index contributed by atoms with van der Waals surface area (Å²) in [6.07, 6.45) is -0.217. The van der Waals surface area contributed by atoms with Crippen LogP contribution in [0.25, 0.3) is 0 Å². The van der Waals surface area contributed by atoms with Gasteiger partial charge in [-0.2, -0.15) is 0 Å². The summed E-state index contributed by atoms with van der Waals surface area (Å²) in [7, 11) is 0. The summed E-state index contributed by atoms with van der Waals surface area (Å²) in [5, 5.41) is 3.19. The zero-order valence-electron chi connectivity index (χ0n) is 18.7. The van der Waals surface area contributed by atoms with E-state index in [1.54, 1.807) is 49.4 Å². The zero-order chi connectivity index (χ0) is 24.1. The highest BCUT2D eigenvalue weighted by Gasteiger charge is 2.46. The fraction of sp³-hybridized carbons (Fsp3) is 0.333. The van der Waals surface area contributed by atoms with Gasteiger partial charge in [-0.15, -0.1) is 0 Å². The zero-order valence-corrected chi connectivity index (χ0v) is 19.5. The van der Waals surface area contributed by atoms with Gasteiger partial charge >= 0.3 is 12.0 Å². The minimum absolute atomic E-state index is 0.0961. The minimum Gasteiger partial charge on any atom is -0.462 e. The van der Waals surface area contributed by atoms with Crippen molar-refractivity contribution in [2.24, 2.45) is 5.92 Å². The first kappa shape index (κ1) is 24.3. The number of rotatable bonds is 8. The monoisotopic (exact) mass is 471 g/mol. The van der Waals surface area contributed by atoms with Gasteiger partial charge in [0.15, 0.2) is 0 Å². The first-order valence-corrected chi connectivity index (χ1v) is 11.1. The smallest absolute Gasteiger partial charge is 0.338 e. The number of hydrogen-bond acceptors (Lipinski definition) is 5. The molecule has 9 heteroatoms. The molecule has 8 nitrogen and oxygen atoms in total. The molecule has 0 radical (unpaired) electrons. The van der Waals surface area contributed by atoms with E-state index in [0.717, 1.165) is 4.90 Å². The van der Waals surface area contributed by atoms with Crippen LogP contribution in [0, 0.1) is 5.92 Å². The van der Waals surface area contributed by atoms with E-state index < -0.39 is 29.9 Å². The number of halogens is 1. The van der Waals surface area contributed by atoms with Crippen LogP contribution in [0.5, 0.6) is 0 Å². The molecule has 2 aromatic rings. The third-order valence-electron chi connectivity index (χ3n) is 5.00. The fourth-order valence-corrected chi connectivity index (χ4v) is 3.71. The number of carbonyl (C=O) groups is 4. The third-order valence-corrected chi connectivity index (χ3v) is 5.25. The van der Waals surface area contributed by atoms with Gasteiger partial charge in [-0.1, -0.05) is 31.5 Å². The number of urea groups is 1. The number of nitrogens with one attached hydrogen (secondary N) is 1. The van der Waals surface area contributed by atoms with Crippen LogP contribution in [0.3, 0.4) is 0 Å². The normalized spacial score (nSPS) is 15.8. The Balaban J connectivity index is 1.78. The third kappa shape index (κ3) is 5.70. The SMILES string of the molecule is CCOC(=O)c1cccc(NC(=O)C[C@H]2C(=O)N(c3ccc(Cl)cc3)C(=O)N2CC(C)C)c1. The van der Waals surface area contributed by atoms with E-state index >= 15 is 0 Å². The molecule has 1 saturated heterocycles. The molecule has 1 atom stereocenters. The molecule has 3 rings (SSSR count). The molecule has 1 fully saturated rings. The molecule has 33 heavy (non-hydrogen) atoms. The largest absolute Gasteiger partial charge is 0.462 e. The van der Waals surface area contributed by atoms with Crippen molar-refractivity contribution in [1.82, 2.24) is 4.90 Å². The molecule has 0 saturated carbocycles. The summed E-state index contributed by atoms with van der Waals surface area (Å²) in [6, 6.07) is 11.3. The van der Waals surface area contributed by atoms with Gasteiger partial charge in [0, 0.05) is 17.3 Å². The lowest BCUT2D eigenvalue weighted by molar-refractivity contribution is -0.124. The summed E-state index contributed by atoms with van der Waals surface area (Å²) in [6.45, 7) is 6.13. The number of hydrogen-bond donors (Lipinski definition) is 1. The summed E-state index contributed by atoms with van der Waals surface area (Å²) in [5.74, 6) is -1.32. The summed E-state index contributed by atoms with van der Waals surface area (Å²) < 4.78 is 4.98. The molecule has 2 aromatic carbocycles. The average molecular weight is 472 g/mol. The first-order chi connectivity index (χ1) is 15.7. The van der Waals surface area contributed by atoms with Crippen molar-refractivity contribution >= 4 is 46.8 Å². The highest BCUT2D eigenvalue weighted by molar-refractivity contribution is 6.30.